The average molecular weight is 1030 g/mol. The number of ether oxygens (including phenoxy) is 1. The minimum atomic E-state index is -5.29. The maximum absolute atomic E-state index is 16.5. The van der Waals surface area contributed by atoms with Crippen LogP contribution in [0.15, 0.2) is 77.2 Å². The number of nitrogens with one attached hydrogen (secondary N) is 2. The van der Waals surface area contributed by atoms with Gasteiger partial charge >= 0.3 is 17.2 Å². The highest BCUT2D eigenvalue weighted by molar-refractivity contribution is 7.89. The number of carbonyl (C=O) groups excluding carboxylic acids is 3. The topological polar surface area (TPSA) is 229 Å². The van der Waals surface area contributed by atoms with Crippen molar-refractivity contribution >= 4 is 102 Å². The second-order valence-corrected chi connectivity index (χ2v) is 22.0. The number of fused-ring (bicyclic) bond motifs is 1. The Bertz CT molecular complexity index is 3340. The molecule has 2 unspecified atom stereocenters. The third-order valence-electron chi connectivity index (χ3n) is 13.8. The van der Waals surface area contributed by atoms with Gasteiger partial charge in [0.1, 0.15) is 16.6 Å². The summed E-state index contributed by atoms with van der Waals surface area (Å²) in [5, 5.41) is 21.7. The lowest BCUT2D eigenvalue weighted by Crippen LogP contribution is -2.58. The molecular formula is C49H45ClF2N6O11S2. The van der Waals surface area contributed by atoms with E-state index in [4.69, 9.17) is 25.9 Å². The van der Waals surface area contributed by atoms with Crippen molar-refractivity contribution in [1.29, 1.82) is 0 Å². The van der Waals surface area contributed by atoms with E-state index in [2.05, 4.69) is 15.6 Å². The number of alkyl halides is 2. The number of nitrogens with zero attached hydrogens (tertiary/aromatic N) is 4. The van der Waals surface area contributed by atoms with Gasteiger partial charge in [0.15, 0.2) is 22.8 Å². The van der Waals surface area contributed by atoms with Gasteiger partial charge in [0, 0.05) is 59.8 Å². The summed E-state index contributed by atoms with van der Waals surface area (Å²) in [6, 6.07) is 18.7. The number of hydrogen-bond donors (Lipinski definition) is 4. The number of carboxylic acid groups (broad SMARTS) is 2. The number of sulfonamides is 1. The molecule has 3 amide bonds. The van der Waals surface area contributed by atoms with Gasteiger partial charge in [0.25, 0.3) is 21.9 Å². The number of carbonyl (C=O) groups is 5. The van der Waals surface area contributed by atoms with Gasteiger partial charge in [0.05, 0.1) is 10.6 Å². The first kappa shape index (κ1) is 48.0. The van der Waals surface area contributed by atoms with Crippen LogP contribution in [0.5, 0.6) is 5.75 Å². The van der Waals surface area contributed by atoms with Crippen LogP contribution in [0, 0.1) is 0 Å². The van der Waals surface area contributed by atoms with Gasteiger partial charge in [-0.15, -0.1) is 11.3 Å². The van der Waals surface area contributed by atoms with Gasteiger partial charge in [-0.1, -0.05) is 41.9 Å². The average Bonchev–Trinajstić information content (AvgIpc) is 4.00. The molecule has 4 aromatic carbocycles. The van der Waals surface area contributed by atoms with E-state index in [0.29, 0.717) is 53.3 Å². The molecule has 10 rings (SSSR count). The Morgan fingerprint density at radius 1 is 1.00 bits per heavy atom. The molecule has 2 atom stereocenters. The molecule has 4 aliphatic heterocycles. The van der Waals surface area contributed by atoms with Crippen LogP contribution in [0.25, 0.3) is 32.3 Å². The number of hydrogen-bond acceptors (Lipinski definition) is 13. The highest BCUT2D eigenvalue weighted by atomic mass is 35.5. The molecule has 4 N–H and O–H groups in total. The zero-order valence-corrected chi connectivity index (χ0v) is 40.4. The SMILES string of the molecule is CC1(C)CC(Nc2cccc(-c3sc(C(=O)O)c(OCC(=O)O)c3Cl)c2)CCN1S(=O)(=O)C(F)(F)c1ccc2oc(N3CCC(c4ccc5c6c(cccc46)C(=O)N5C4CCC(=O)NC4=O)CC3)nc2c1. The summed E-state index contributed by atoms with van der Waals surface area (Å²) in [7, 11) is -5.29. The molecule has 0 bridgehead atoms. The van der Waals surface area contributed by atoms with Gasteiger partial charge in [-0.05, 0) is 111 Å². The van der Waals surface area contributed by atoms with Gasteiger partial charge in [-0.2, -0.15) is 18.1 Å². The lowest BCUT2D eigenvalue weighted by Gasteiger charge is -2.45. The third-order valence-corrected chi connectivity index (χ3v) is 17.6. The smallest absolute Gasteiger partial charge is 0.384 e. The van der Waals surface area contributed by atoms with E-state index in [1.807, 2.05) is 29.2 Å². The van der Waals surface area contributed by atoms with E-state index in [1.165, 1.54) is 11.0 Å². The van der Waals surface area contributed by atoms with Gasteiger partial charge < -0.3 is 29.6 Å². The first-order valence-corrected chi connectivity index (χ1v) is 25.4. The van der Waals surface area contributed by atoms with Crippen molar-refractivity contribution in [2.45, 2.75) is 81.2 Å². The van der Waals surface area contributed by atoms with Crippen molar-refractivity contribution in [3.8, 4) is 16.2 Å². The normalized spacial score (nSPS) is 19.9. The van der Waals surface area contributed by atoms with Crippen LogP contribution < -0.4 is 25.2 Å². The largest absolute Gasteiger partial charge is 0.479 e. The standard InChI is InChI=1S/C49H45ClF2N6O11S2/c1-48(2)23-29(53-28-6-3-5-26(21-28)42-40(50)41(68-24-38(60)61)43(70-42)46(64)65)17-20-57(48)71(66,67)49(51,52)27-9-13-36-33(22-27)54-47(69-36)56-18-15-25(16-19-56)30-10-11-34-39-31(30)7-4-8-32(39)45(63)58(34)35-12-14-37(59)55-44(35)62/h3-11,13,21-22,25,29,35,53H,12,14-20,23-24H2,1-2H3,(H,60,61)(H,64,65)(H,55,59,62). The molecular weight excluding hydrogens is 986 g/mol. The van der Waals surface area contributed by atoms with Crippen molar-refractivity contribution in [3.05, 3.63) is 99.4 Å². The predicted molar refractivity (Wildman–Crippen MR) is 260 cm³/mol. The van der Waals surface area contributed by atoms with Crippen LogP contribution in [0.3, 0.4) is 0 Å². The number of imide groups is 1. The zero-order chi connectivity index (χ0) is 50.3. The molecule has 3 saturated heterocycles. The van der Waals surface area contributed by atoms with Crippen molar-refractivity contribution in [2.24, 2.45) is 0 Å². The van der Waals surface area contributed by atoms with Crippen LogP contribution in [-0.4, -0.2) is 101 Å². The second kappa shape index (κ2) is 17.9. The highest BCUT2D eigenvalue weighted by Gasteiger charge is 2.55. The highest BCUT2D eigenvalue weighted by Crippen LogP contribution is 2.48. The molecule has 6 aromatic rings. The first-order valence-electron chi connectivity index (χ1n) is 22.8. The number of aromatic carboxylic acids is 1. The Kier molecular flexibility index (Phi) is 12.1. The van der Waals surface area contributed by atoms with E-state index < -0.39 is 56.9 Å². The summed E-state index contributed by atoms with van der Waals surface area (Å²) in [6.45, 7) is 3.17. The maximum Gasteiger partial charge on any atom is 0.384 e. The molecule has 3 fully saturated rings. The molecule has 17 nitrogen and oxygen atoms in total. The lowest BCUT2D eigenvalue weighted by atomic mass is 9.85. The number of amides is 3. The minimum Gasteiger partial charge on any atom is -0.479 e. The number of thiophene rings is 1. The van der Waals surface area contributed by atoms with E-state index in [0.717, 1.165) is 44.1 Å². The van der Waals surface area contributed by atoms with Crippen LogP contribution in [-0.2, 0) is 29.7 Å². The number of halogens is 3. The lowest BCUT2D eigenvalue weighted by molar-refractivity contribution is -0.139. The number of anilines is 3. The predicted octanol–water partition coefficient (Wildman–Crippen LogP) is 8.41. The molecule has 0 spiro atoms. The van der Waals surface area contributed by atoms with E-state index in [1.54, 1.807) is 44.2 Å². The summed E-state index contributed by atoms with van der Waals surface area (Å²) >= 11 is 7.32. The Balaban J connectivity index is 0.805. The van der Waals surface area contributed by atoms with Crippen LogP contribution in [0.4, 0.5) is 26.2 Å². The molecule has 370 valence electrons. The molecule has 22 heteroatoms. The Morgan fingerprint density at radius 2 is 1.76 bits per heavy atom. The van der Waals surface area contributed by atoms with Crippen LogP contribution in [0.2, 0.25) is 5.02 Å². The maximum atomic E-state index is 16.5. The van der Waals surface area contributed by atoms with Crippen molar-refractivity contribution < 1.29 is 60.5 Å². The molecule has 0 radical (unpaired) electrons. The Hall–Kier alpha value is -6.68. The van der Waals surface area contributed by atoms with Crippen molar-refractivity contribution in [1.82, 2.24) is 14.6 Å². The molecule has 0 saturated carbocycles. The van der Waals surface area contributed by atoms with Gasteiger partial charge in [-0.25, -0.2) is 18.0 Å². The van der Waals surface area contributed by atoms with Crippen LogP contribution in [0.1, 0.15) is 89.4 Å². The molecule has 0 aliphatic carbocycles. The fourth-order valence-corrected chi connectivity index (χ4v) is 13.6. The summed E-state index contributed by atoms with van der Waals surface area (Å²) in [5.74, 6) is -3.98. The zero-order valence-electron chi connectivity index (χ0n) is 38.0. The summed E-state index contributed by atoms with van der Waals surface area (Å²) in [6.07, 6.45) is 2.04. The molecule has 2 aromatic heterocycles. The van der Waals surface area contributed by atoms with Gasteiger partial charge in [0.2, 0.25) is 11.8 Å². The third kappa shape index (κ3) is 8.40. The second-order valence-electron chi connectivity index (χ2n) is 18.7. The number of aliphatic carboxylic acids is 1. The number of oxazole rings is 1. The Morgan fingerprint density at radius 3 is 2.48 bits per heavy atom. The fourth-order valence-electron chi connectivity index (χ4n) is 10.4. The summed E-state index contributed by atoms with van der Waals surface area (Å²) in [4.78, 5) is 69.4. The summed E-state index contributed by atoms with van der Waals surface area (Å²) < 4.78 is 73.1. The number of aromatic nitrogens is 1. The van der Waals surface area contributed by atoms with Crippen molar-refractivity contribution in [3.63, 3.8) is 0 Å². The van der Waals surface area contributed by atoms with E-state index in [9.17, 15) is 37.5 Å². The molecule has 4 aliphatic rings. The van der Waals surface area contributed by atoms with Crippen LogP contribution >= 0.6 is 22.9 Å². The number of benzene rings is 4. The fraction of sp³-hybridized carbons (Fsp3) is 0.347. The van der Waals surface area contributed by atoms with Crippen molar-refractivity contribution in [2.75, 3.05) is 41.4 Å². The Labute approximate surface area is 413 Å². The van der Waals surface area contributed by atoms with E-state index >= 15 is 8.78 Å². The quantitative estimate of drug-likeness (QED) is 0.0797. The number of rotatable bonds is 13. The number of carboxylic acids is 2. The minimum absolute atomic E-state index is 0.0672. The molecule has 71 heavy (non-hydrogen) atoms. The first-order chi connectivity index (χ1) is 33.7. The number of piperidine rings is 3. The molecule has 6 heterocycles. The summed E-state index contributed by atoms with van der Waals surface area (Å²) in [5.41, 5.74) is 1.52. The van der Waals surface area contributed by atoms with E-state index in [-0.39, 0.29) is 88.8 Å². The monoisotopic (exact) mass is 1030 g/mol. The van der Waals surface area contributed by atoms with Gasteiger partial charge in [-0.3, -0.25) is 24.6 Å².